The molecule has 9 aromatic rings. The molecule has 0 saturated carbocycles. The molecule has 0 N–H and O–H groups in total. The second kappa shape index (κ2) is 9.37. The molecule has 0 unspecified atom stereocenters. The maximum absolute atomic E-state index is 5.21. The summed E-state index contributed by atoms with van der Waals surface area (Å²) < 4.78 is 2.44. The zero-order chi connectivity index (χ0) is 28.3. The number of benzene rings is 7. The smallest absolute Gasteiger partial charge is 0.161 e. The van der Waals surface area contributed by atoms with E-state index in [0.29, 0.717) is 0 Å². The number of para-hydroxylation sites is 2. The van der Waals surface area contributed by atoms with Crippen molar-refractivity contribution in [2.75, 3.05) is 0 Å². The van der Waals surface area contributed by atoms with Gasteiger partial charge in [-0.1, -0.05) is 127 Å². The lowest BCUT2D eigenvalue weighted by molar-refractivity contribution is 1.20. The second-order valence-electron chi connectivity index (χ2n) is 11.0. The van der Waals surface area contributed by atoms with Crippen LogP contribution < -0.4 is 0 Å². The van der Waals surface area contributed by atoms with Crippen LogP contribution in [0.3, 0.4) is 0 Å². The molecule has 2 heterocycles. The lowest BCUT2D eigenvalue weighted by Gasteiger charge is -2.16. The van der Waals surface area contributed by atoms with Gasteiger partial charge in [-0.25, -0.2) is 9.97 Å². The van der Waals surface area contributed by atoms with E-state index in [-0.39, 0.29) is 0 Å². The van der Waals surface area contributed by atoms with Crippen molar-refractivity contribution in [3.8, 4) is 28.3 Å². The van der Waals surface area contributed by atoms with Crippen molar-refractivity contribution in [1.29, 1.82) is 0 Å². The molecule has 0 aliphatic heterocycles. The van der Waals surface area contributed by atoms with Gasteiger partial charge in [-0.15, -0.1) is 0 Å². The van der Waals surface area contributed by atoms with Gasteiger partial charge in [0.2, 0.25) is 0 Å². The molecule has 0 spiro atoms. The molecule has 2 aromatic heterocycles. The van der Waals surface area contributed by atoms with Gasteiger partial charge >= 0.3 is 0 Å². The highest BCUT2D eigenvalue weighted by molar-refractivity contribution is 6.19. The molecule has 0 bridgehead atoms. The van der Waals surface area contributed by atoms with Crippen molar-refractivity contribution >= 4 is 54.3 Å². The molecular weight excluding hydrogens is 522 g/mol. The van der Waals surface area contributed by atoms with Crippen molar-refractivity contribution in [3.05, 3.63) is 152 Å². The van der Waals surface area contributed by atoms with Gasteiger partial charge < -0.3 is 4.57 Å². The monoisotopic (exact) mass is 547 g/mol. The van der Waals surface area contributed by atoms with Gasteiger partial charge in [0.15, 0.2) is 5.82 Å². The Morgan fingerprint density at radius 2 is 1.09 bits per heavy atom. The van der Waals surface area contributed by atoms with Crippen molar-refractivity contribution in [1.82, 2.24) is 14.5 Å². The molecule has 0 aliphatic rings. The summed E-state index contributed by atoms with van der Waals surface area (Å²) in [7, 11) is 0. The number of aromatic nitrogens is 3. The predicted octanol–water partition coefficient (Wildman–Crippen LogP) is 10.4. The number of hydrogen-bond donors (Lipinski definition) is 0. The molecule has 9 rings (SSSR count). The summed E-state index contributed by atoms with van der Waals surface area (Å²) in [6.45, 7) is 0. The maximum Gasteiger partial charge on any atom is 0.161 e. The van der Waals surface area contributed by atoms with Crippen LogP contribution in [-0.4, -0.2) is 14.5 Å². The van der Waals surface area contributed by atoms with E-state index in [4.69, 9.17) is 9.97 Å². The quantitative estimate of drug-likeness (QED) is 0.220. The van der Waals surface area contributed by atoms with Gasteiger partial charge in [-0.2, -0.15) is 0 Å². The standard InChI is InChI=1S/C40H25N3/c1-2-13-27(14-3-1)38-34-19-8-10-20-35(34)41-40(42-38)33-24-25-37(30-17-7-6-16-29(30)33)43-36-21-11-9-18-31(36)32-23-22-26-12-4-5-15-28(26)39(32)43/h1-25H. The van der Waals surface area contributed by atoms with Crippen LogP contribution in [-0.2, 0) is 0 Å². The van der Waals surface area contributed by atoms with E-state index in [0.717, 1.165) is 50.0 Å². The molecule has 0 atom stereocenters. The predicted molar refractivity (Wildman–Crippen MR) is 180 cm³/mol. The molecule has 200 valence electrons. The van der Waals surface area contributed by atoms with Crippen LogP contribution in [0, 0.1) is 0 Å². The van der Waals surface area contributed by atoms with E-state index < -0.39 is 0 Å². The van der Waals surface area contributed by atoms with Crippen LogP contribution in [0.1, 0.15) is 0 Å². The SMILES string of the molecule is c1ccc(-c2nc(-c3ccc(-n4c5ccccc5c5ccc6ccccc6c54)c4ccccc34)nc3ccccc23)cc1. The van der Waals surface area contributed by atoms with Crippen LogP contribution >= 0.6 is 0 Å². The van der Waals surface area contributed by atoms with E-state index in [1.165, 1.54) is 32.6 Å². The summed E-state index contributed by atoms with van der Waals surface area (Å²) in [5.74, 6) is 0.730. The number of nitrogens with zero attached hydrogens (tertiary/aromatic N) is 3. The molecule has 43 heavy (non-hydrogen) atoms. The average Bonchev–Trinajstić information content (AvgIpc) is 3.42. The Kier molecular flexibility index (Phi) is 5.20. The fourth-order valence-electron chi connectivity index (χ4n) is 6.67. The van der Waals surface area contributed by atoms with E-state index >= 15 is 0 Å². The Morgan fingerprint density at radius 3 is 1.95 bits per heavy atom. The number of hydrogen-bond acceptors (Lipinski definition) is 2. The molecule has 0 amide bonds. The first kappa shape index (κ1) is 23.9. The molecule has 0 fully saturated rings. The van der Waals surface area contributed by atoms with Crippen molar-refractivity contribution in [2.45, 2.75) is 0 Å². The Bertz CT molecular complexity index is 2510. The lowest BCUT2D eigenvalue weighted by atomic mass is 10.0. The third-order valence-electron chi connectivity index (χ3n) is 8.59. The van der Waals surface area contributed by atoms with Crippen LogP contribution in [0.2, 0.25) is 0 Å². The van der Waals surface area contributed by atoms with E-state index in [1.54, 1.807) is 0 Å². The summed E-state index contributed by atoms with van der Waals surface area (Å²) in [5, 5.41) is 8.33. The van der Waals surface area contributed by atoms with Crippen LogP contribution in [0.15, 0.2) is 152 Å². The zero-order valence-corrected chi connectivity index (χ0v) is 23.3. The molecule has 7 aromatic carbocycles. The first-order chi connectivity index (χ1) is 21.3. The molecule has 0 radical (unpaired) electrons. The van der Waals surface area contributed by atoms with Crippen molar-refractivity contribution in [3.63, 3.8) is 0 Å². The molecule has 3 nitrogen and oxygen atoms in total. The molecule has 0 aliphatic carbocycles. The molecular formula is C40H25N3. The van der Waals surface area contributed by atoms with Gasteiger partial charge in [0.25, 0.3) is 0 Å². The summed E-state index contributed by atoms with van der Waals surface area (Å²) in [5.41, 5.74) is 7.56. The third kappa shape index (κ3) is 3.62. The minimum absolute atomic E-state index is 0.730. The third-order valence-corrected chi connectivity index (χ3v) is 8.59. The minimum atomic E-state index is 0.730. The Balaban J connectivity index is 1.36. The molecule has 3 heteroatoms. The van der Waals surface area contributed by atoms with Gasteiger partial charge in [0.1, 0.15) is 0 Å². The topological polar surface area (TPSA) is 30.7 Å². The highest BCUT2D eigenvalue weighted by Crippen LogP contribution is 2.40. The number of rotatable bonds is 3. The van der Waals surface area contributed by atoms with Crippen molar-refractivity contribution < 1.29 is 0 Å². The van der Waals surface area contributed by atoms with E-state index in [2.05, 4.69) is 144 Å². The Labute approximate surface area is 248 Å². The van der Waals surface area contributed by atoms with Crippen molar-refractivity contribution in [2.24, 2.45) is 0 Å². The van der Waals surface area contributed by atoms with Crippen LogP contribution in [0.5, 0.6) is 0 Å². The fourth-order valence-corrected chi connectivity index (χ4v) is 6.67. The van der Waals surface area contributed by atoms with Crippen LogP contribution in [0.25, 0.3) is 82.6 Å². The molecule has 0 saturated heterocycles. The van der Waals surface area contributed by atoms with Gasteiger partial charge in [0.05, 0.1) is 27.9 Å². The first-order valence-electron chi connectivity index (χ1n) is 14.6. The van der Waals surface area contributed by atoms with Crippen LogP contribution in [0.4, 0.5) is 0 Å². The summed E-state index contributed by atoms with van der Waals surface area (Å²) in [6.07, 6.45) is 0. The van der Waals surface area contributed by atoms with Gasteiger partial charge in [0, 0.05) is 38.1 Å². The average molecular weight is 548 g/mol. The second-order valence-corrected chi connectivity index (χ2v) is 11.0. The Morgan fingerprint density at radius 1 is 0.419 bits per heavy atom. The fraction of sp³-hybridized carbons (Fsp3) is 0. The van der Waals surface area contributed by atoms with Gasteiger partial charge in [-0.05, 0) is 35.0 Å². The zero-order valence-electron chi connectivity index (χ0n) is 23.3. The van der Waals surface area contributed by atoms with E-state index in [1.807, 2.05) is 12.1 Å². The summed E-state index contributed by atoms with van der Waals surface area (Å²) in [4.78, 5) is 10.3. The largest absolute Gasteiger partial charge is 0.308 e. The summed E-state index contributed by atoms with van der Waals surface area (Å²) >= 11 is 0. The number of fused-ring (bicyclic) bond motifs is 7. The maximum atomic E-state index is 5.21. The summed E-state index contributed by atoms with van der Waals surface area (Å²) in [6, 6.07) is 53.6. The van der Waals surface area contributed by atoms with Gasteiger partial charge in [-0.3, -0.25) is 0 Å². The Hall–Kier alpha value is -5.80. The van der Waals surface area contributed by atoms with E-state index in [9.17, 15) is 0 Å². The normalized spacial score (nSPS) is 11.7. The minimum Gasteiger partial charge on any atom is -0.308 e. The highest BCUT2D eigenvalue weighted by Gasteiger charge is 2.19. The lowest BCUT2D eigenvalue weighted by Crippen LogP contribution is -1.99. The highest BCUT2D eigenvalue weighted by atomic mass is 15.0. The first-order valence-corrected chi connectivity index (χ1v) is 14.6.